The number of aromatic nitrogens is 1. The number of carbonyl (C=O) groups is 1. The van der Waals surface area contributed by atoms with Gasteiger partial charge in [-0.3, -0.25) is 14.5 Å². The van der Waals surface area contributed by atoms with Gasteiger partial charge < -0.3 is 20.1 Å². The van der Waals surface area contributed by atoms with E-state index in [0.29, 0.717) is 44.4 Å². The lowest BCUT2D eigenvalue weighted by Crippen LogP contribution is -2.55. The second kappa shape index (κ2) is 11.6. The summed E-state index contributed by atoms with van der Waals surface area (Å²) in [4.78, 5) is 33.4. The van der Waals surface area contributed by atoms with Crippen molar-refractivity contribution in [2.45, 2.75) is 38.5 Å². The van der Waals surface area contributed by atoms with Gasteiger partial charge in [-0.1, -0.05) is 24.3 Å². The molecule has 0 bridgehead atoms. The van der Waals surface area contributed by atoms with E-state index in [2.05, 4.69) is 20.1 Å². The van der Waals surface area contributed by atoms with Gasteiger partial charge in [-0.05, 0) is 57.2 Å². The number of aromatic amines is 1. The molecule has 0 spiro atoms. The zero-order valence-electron chi connectivity index (χ0n) is 23.6. The van der Waals surface area contributed by atoms with Crippen molar-refractivity contribution in [3.8, 4) is 0 Å². The fourth-order valence-electron chi connectivity index (χ4n) is 5.64. The Bertz CT molecular complexity index is 1540. The van der Waals surface area contributed by atoms with Gasteiger partial charge in [0, 0.05) is 61.8 Å². The Morgan fingerprint density at radius 1 is 1.02 bits per heavy atom. The first-order chi connectivity index (χ1) is 19.9. The predicted molar refractivity (Wildman–Crippen MR) is 157 cm³/mol. The number of amides is 1. The molecule has 2 N–H and O–H groups in total. The van der Waals surface area contributed by atoms with Crippen molar-refractivity contribution in [2.75, 3.05) is 48.3 Å². The minimum atomic E-state index is -4.92. The number of likely N-dealkylation sites (N-methyl/N-ethyl adjacent to an activating group) is 1. The maximum Gasteiger partial charge on any atom is 0.417 e. The second-order valence-corrected chi connectivity index (χ2v) is 11.0. The number of benzene rings is 2. The molecule has 5 rings (SSSR count). The zero-order chi connectivity index (χ0) is 30.2. The molecule has 0 saturated carbocycles. The third-order valence-electron chi connectivity index (χ3n) is 8.18. The summed E-state index contributed by atoms with van der Waals surface area (Å²) >= 11 is 0. The van der Waals surface area contributed by atoms with Crippen LogP contribution in [0.25, 0.3) is 5.57 Å². The SMILES string of the molecule is CC1CN(c2cc(F)c(C3=CCN(c4ccccc4)CC3)cc2NC(=O)c2c[nH]c(=O)cc2C(F)(F)F)CC(C)N1C. The van der Waals surface area contributed by atoms with E-state index in [1.54, 1.807) is 0 Å². The molecule has 3 heterocycles. The summed E-state index contributed by atoms with van der Waals surface area (Å²) in [5, 5.41) is 2.62. The van der Waals surface area contributed by atoms with Crippen LogP contribution in [0.2, 0.25) is 0 Å². The molecule has 2 aliphatic heterocycles. The lowest BCUT2D eigenvalue weighted by atomic mass is 9.96. The predicted octanol–water partition coefficient (Wildman–Crippen LogP) is 5.61. The average molecular weight is 584 g/mol. The molecule has 1 aromatic heterocycles. The van der Waals surface area contributed by atoms with Crippen molar-refractivity contribution in [3.05, 3.63) is 93.7 Å². The molecule has 0 radical (unpaired) electrons. The Hall–Kier alpha value is -4.12. The van der Waals surface area contributed by atoms with Crippen LogP contribution in [0.3, 0.4) is 0 Å². The second-order valence-electron chi connectivity index (χ2n) is 11.0. The standard InChI is InChI=1S/C31H33F4N5O2/c1-19-17-40(18-20(2)38(19)3)28-15-26(32)23(21-9-11-39(12-10-21)22-7-5-4-6-8-22)13-27(28)37-30(42)24-16-36-29(41)14-25(24)31(33,34)35/h4-9,13-16,19-20H,10-12,17-18H2,1-3H3,(H,36,41)(H,37,42). The van der Waals surface area contributed by atoms with Gasteiger partial charge in [0.05, 0.1) is 22.5 Å². The number of nitrogens with zero attached hydrogens (tertiary/aromatic N) is 3. The van der Waals surface area contributed by atoms with Gasteiger partial charge in [0.2, 0.25) is 5.56 Å². The van der Waals surface area contributed by atoms with Gasteiger partial charge >= 0.3 is 6.18 Å². The molecule has 0 aliphatic carbocycles. The van der Waals surface area contributed by atoms with E-state index in [1.165, 1.54) is 12.1 Å². The first-order valence-electron chi connectivity index (χ1n) is 13.8. The molecule has 2 atom stereocenters. The maximum atomic E-state index is 15.8. The van der Waals surface area contributed by atoms with Crippen molar-refractivity contribution < 1.29 is 22.4 Å². The molecule has 1 fully saturated rings. The summed E-state index contributed by atoms with van der Waals surface area (Å²) in [6.07, 6.45) is -1.69. The summed E-state index contributed by atoms with van der Waals surface area (Å²) in [5.74, 6) is -1.53. The van der Waals surface area contributed by atoms with Gasteiger partial charge in [0.15, 0.2) is 0 Å². The number of alkyl halides is 3. The molecule has 42 heavy (non-hydrogen) atoms. The molecular weight excluding hydrogens is 550 g/mol. The lowest BCUT2D eigenvalue weighted by Gasteiger charge is -2.44. The van der Waals surface area contributed by atoms with Crippen LogP contribution >= 0.6 is 0 Å². The number of halogens is 4. The highest BCUT2D eigenvalue weighted by Gasteiger charge is 2.36. The molecule has 7 nitrogen and oxygen atoms in total. The Labute approximate surface area is 241 Å². The molecule has 11 heteroatoms. The van der Waals surface area contributed by atoms with Crippen LogP contribution < -0.4 is 20.7 Å². The number of pyridine rings is 1. The number of nitrogens with one attached hydrogen (secondary N) is 2. The number of piperazine rings is 1. The van der Waals surface area contributed by atoms with E-state index in [4.69, 9.17) is 0 Å². The van der Waals surface area contributed by atoms with Crippen molar-refractivity contribution in [2.24, 2.45) is 0 Å². The minimum Gasteiger partial charge on any atom is -0.367 e. The fraction of sp³-hybridized carbons (Fsp3) is 0.355. The van der Waals surface area contributed by atoms with E-state index < -0.39 is 34.6 Å². The first kappa shape index (κ1) is 29.4. The molecular formula is C31H33F4N5O2. The lowest BCUT2D eigenvalue weighted by molar-refractivity contribution is -0.138. The van der Waals surface area contributed by atoms with E-state index in [0.717, 1.165) is 17.5 Å². The Morgan fingerprint density at radius 3 is 2.33 bits per heavy atom. The molecule has 2 aliphatic rings. The fourth-order valence-corrected chi connectivity index (χ4v) is 5.64. The van der Waals surface area contributed by atoms with Crippen LogP contribution in [-0.4, -0.2) is 61.1 Å². The highest BCUT2D eigenvalue weighted by molar-refractivity contribution is 6.07. The summed E-state index contributed by atoms with van der Waals surface area (Å²) in [5.41, 5.74) is -0.367. The number of para-hydroxylation sites is 1. The highest BCUT2D eigenvalue weighted by atomic mass is 19.4. The van der Waals surface area contributed by atoms with Crippen LogP contribution in [-0.2, 0) is 6.18 Å². The Morgan fingerprint density at radius 2 is 1.71 bits per heavy atom. The van der Waals surface area contributed by atoms with E-state index >= 15 is 4.39 Å². The Kier molecular flexibility index (Phi) is 8.14. The van der Waals surface area contributed by atoms with Gasteiger partial charge in [0.1, 0.15) is 5.82 Å². The van der Waals surface area contributed by atoms with E-state index in [9.17, 15) is 22.8 Å². The molecule has 222 valence electrons. The summed E-state index contributed by atoms with van der Waals surface area (Å²) in [6.45, 7) is 6.34. The number of H-pyrrole nitrogens is 1. The summed E-state index contributed by atoms with van der Waals surface area (Å²) in [7, 11) is 2.00. The summed E-state index contributed by atoms with van der Waals surface area (Å²) < 4.78 is 57.0. The minimum absolute atomic E-state index is 0.112. The molecule has 2 aromatic carbocycles. The van der Waals surface area contributed by atoms with Crippen LogP contribution in [0.15, 0.2) is 65.6 Å². The number of carbonyl (C=O) groups excluding carboxylic acids is 1. The van der Waals surface area contributed by atoms with Crippen LogP contribution in [0.5, 0.6) is 0 Å². The monoisotopic (exact) mass is 583 g/mol. The molecule has 1 saturated heterocycles. The van der Waals surface area contributed by atoms with Crippen molar-refractivity contribution in [1.82, 2.24) is 9.88 Å². The third-order valence-corrected chi connectivity index (χ3v) is 8.18. The summed E-state index contributed by atoms with van der Waals surface area (Å²) in [6, 6.07) is 13.3. The first-order valence-corrected chi connectivity index (χ1v) is 13.8. The van der Waals surface area contributed by atoms with Crippen LogP contribution in [0.1, 0.15) is 41.8 Å². The van der Waals surface area contributed by atoms with Crippen molar-refractivity contribution in [3.63, 3.8) is 0 Å². The van der Waals surface area contributed by atoms with Gasteiger partial charge in [-0.15, -0.1) is 0 Å². The largest absolute Gasteiger partial charge is 0.417 e. The smallest absolute Gasteiger partial charge is 0.367 e. The highest BCUT2D eigenvalue weighted by Crippen LogP contribution is 2.37. The topological polar surface area (TPSA) is 71.7 Å². The van der Waals surface area contributed by atoms with Crippen molar-refractivity contribution in [1.29, 1.82) is 0 Å². The normalized spacial score (nSPS) is 19.9. The van der Waals surface area contributed by atoms with Crippen molar-refractivity contribution >= 4 is 28.5 Å². The Balaban J connectivity index is 1.53. The van der Waals surface area contributed by atoms with E-state index in [1.807, 2.05) is 62.2 Å². The van der Waals surface area contributed by atoms with Gasteiger partial charge in [0.25, 0.3) is 5.91 Å². The number of hydrogen-bond acceptors (Lipinski definition) is 5. The average Bonchev–Trinajstić information content (AvgIpc) is 2.96. The van der Waals surface area contributed by atoms with Crippen LogP contribution in [0.4, 0.5) is 34.6 Å². The number of rotatable bonds is 5. The van der Waals surface area contributed by atoms with Crippen LogP contribution in [0, 0.1) is 5.82 Å². The molecule has 1 amide bonds. The third kappa shape index (κ3) is 6.06. The zero-order valence-corrected chi connectivity index (χ0v) is 23.6. The molecule has 3 aromatic rings. The number of anilines is 3. The van der Waals surface area contributed by atoms with E-state index in [-0.39, 0.29) is 23.3 Å². The number of hydrogen-bond donors (Lipinski definition) is 2. The molecule has 2 unspecified atom stereocenters. The quantitative estimate of drug-likeness (QED) is 0.383. The van der Waals surface area contributed by atoms with Gasteiger partial charge in [-0.25, -0.2) is 4.39 Å². The maximum absolute atomic E-state index is 15.8. The van der Waals surface area contributed by atoms with Gasteiger partial charge in [-0.2, -0.15) is 13.2 Å².